The first-order valence-corrected chi connectivity index (χ1v) is 7.07. The van der Waals surface area contributed by atoms with Crippen LogP contribution >= 0.6 is 11.6 Å². The molecule has 0 fully saturated rings. The van der Waals surface area contributed by atoms with Gasteiger partial charge in [0.15, 0.2) is 0 Å². The fourth-order valence-corrected chi connectivity index (χ4v) is 2.73. The van der Waals surface area contributed by atoms with Crippen molar-refractivity contribution in [2.75, 3.05) is 7.05 Å². The summed E-state index contributed by atoms with van der Waals surface area (Å²) in [7, 11) is 1.94. The Morgan fingerprint density at radius 2 is 1.85 bits per heavy atom. The number of halogens is 2. The van der Waals surface area contributed by atoms with Crippen LogP contribution in [-0.2, 0) is 6.42 Å². The summed E-state index contributed by atoms with van der Waals surface area (Å²) in [5.74, 6) is -0.185. The van der Waals surface area contributed by atoms with Crippen LogP contribution in [0.5, 0.6) is 0 Å². The predicted octanol–water partition coefficient (Wildman–Crippen LogP) is 4.60. The Balaban J connectivity index is 2.28. The molecule has 20 heavy (non-hydrogen) atoms. The first-order valence-electron chi connectivity index (χ1n) is 6.69. The summed E-state index contributed by atoms with van der Waals surface area (Å²) in [6.45, 7) is 4.00. The standard InChI is InChI=1S/C17H19ClFN/c1-11-9-15(19)6-4-13(11)10-17(20-3)16-7-5-14(18)8-12(16)2/h4-9,17,20H,10H2,1-3H3. The average molecular weight is 292 g/mol. The van der Waals surface area contributed by atoms with Crippen molar-refractivity contribution in [1.29, 1.82) is 0 Å². The topological polar surface area (TPSA) is 12.0 Å². The number of nitrogens with one attached hydrogen (secondary N) is 1. The molecule has 2 aromatic carbocycles. The average Bonchev–Trinajstić information content (AvgIpc) is 2.39. The highest BCUT2D eigenvalue weighted by atomic mass is 35.5. The van der Waals surface area contributed by atoms with Gasteiger partial charge in [-0.2, -0.15) is 0 Å². The van der Waals surface area contributed by atoms with E-state index in [1.807, 2.05) is 32.2 Å². The SMILES string of the molecule is CNC(Cc1ccc(F)cc1C)c1ccc(Cl)cc1C. The number of likely N-dealkylation sites (N-methyl/N-ethyl adjacent to an activating group) is 1. The fourth-order valence-electron chi connectivity index (χ4n) is 2.51. The van der Waals surface area contributed by atoms with Crippen LogP contribution in [0.3, 0.4) is 0 Å². The van der Waals surface area contributed by atoms with Gasteiger partial charge in [0.1, 0.15) is 5.82 Å². The molecule has 2 aromatic rings. The van der Waals surface area contributed by atoms with Crippen molar-refractivity contribution in [2.45, 2.75) is 26.3 Å². The molecule has 0 spiro atoms. The molecule has 1 unspecified atom stereocenters. The summed E-state index contributed by atoms with van der Waals surface area (Å²) in [5, 5.41) is 4.08. The molecule has 0 aliphatic carbocycles. The van der Waals surface area contributed by atoms with Crippen LogP contribution in [0.25, 0.3) is 0 Å². The van der Waals surface area contributed by atoms with Gasteiger partial charge in [0, 0.05) is 11.1 Å². The third kappa shape index (κ3) is 3.38. The van der Waals surface area contributed by atoms with E-state index in [0.29, 0.717) is 0 Å². The highest BCUT2D eigenvalue weighted by molar-refractivity contribution is 6.30. The van der Waals surface area contributed by atoms with Crippen molar-refractivity contribution in [1.82, 2.24) is 5.32 Å². The van der Waals surface area contributed by atoms with Gasteiger partial charge in [-0.3, -0.25) is 0 Å². The lowest BCUT2D eigenvalue weighted by Gasteiger charge is -2.20. The van der Waals surface area contributed by atoms with Crippen molar-refractivity contribution in [3.05, 3.63) is 69.5 Å². The summed E-state index contributed by atoms with van der Waals surface area (Å²) >= 11 is 6.01. The molecule has 0 bridgehead atoms. The molecule has 2 rings (SSSR count). The first-order chi connectivity index (χ1) is 9.51. The molecule has 1 N–H and O–H groups in total. The molecule has 0 radical (unpaired) electrons. The zero-order valence-corrected chi connectivity index (χ0v) is 12.8. The van der Waals surface area contributed by atoms with Gasteiger partial charge in [-0.1, -0.05) is 23.7 Å². The van der Waals surface area contributed by atoms with E-state index in [2.05, 4.69) is 18.3 Å². The second-order valence-electron chi connectivity index (χ2n) is 5.12. The van der Waals surface area contributed by atoms with Crippen LogP contribution in [0.1, 0.15) is 28.3 Å². The minimum atomic E-state index is -0.185. The van der Waals surface area contributed by atoms with Gasteiger partial charge in [-0.15, -0.1) is 0 Å². The monoisotopic (exact) mass is 291 g/mol. The zero-order chi connectivity index (χ0) is 14.7. The largest absolute Gasteiger partial charge is 0.313 e. The maximum absolute atomic E-state index is 13.2. The van der Waals surface area contributed by atoms with E-state index in [1.54, 1.807) is 6.07 Å². The number of hydrogen-bond acceptors (Lipinski definition) is 1. The Bertz CT molecular complexity index is 610. The molecule has 0 saturated heterocycles. The Morgan fingerprint density at radius 1 is 1.10 bits per heavy atom. The van der Waals surface area contributed by atoms with Crippen LogP contribution in [0.2, 0.25) is 5.02 Å². The number of rotatable bonds is 4. The third-order valence-electron chi connectivity index (χ3n) is 3.68. The first kappa shape index (κ1) is 15.0. The van der Waals surface area contributed by atoms with Crippen LogP contribution in [0.15, 0.2) is 36.4 Å². The van der Waals surface area contributed by atoms with E-state index < -0.39 is 0 Å². The van der Waals surface area contributed by atoms with Crippen LogP contribution in [-0.4, -0.2) is 7.05 Å². The van der Waals surface area contributed by atoms with Crippen molar-refractivity contribution in [3.63, 3.8) is 0 Å². The van der Waals surface area contributed by atoms with Crippen LogP contribution < -0.4 is 5.32 Å². The molecule has 0 aliphatic heterocycles. The van der Waals surface area contributed by atoms with E-state index in [-0.39, 0.29) is 11.9 Å². The highest BCUT2D eigenvalue weighted by Crippen LogP contribution is 2.25. The molecular formula is C17H19ClFN. The second kappa shape index (κ2) is 6.38. The van der Waals surface area contributed by atoms with E-state index in [4.69, 9.17) is 11.6 Å². The summed E-state index contributed by atoms with van der Waals surface area (Å²) in [6, 6.07) is 11.1. The Kier molecular flexibility index (Phi) is 4.79. The lowest BCUT2D eigenvalue weighted by Crippen LogP contribution is -2.20. The maximum atomic E-state index is 13.2. The minimum absolute atomic E-state index is 0.185. The molecule has 0 heterocycles. The second-order valence-corrected chi connectivity index (χ2v) is 5.55. The summed E-state index contributed by atoms with van der Waals surface area (Å²) in [5.41, 5.74) is 4.52. The van der Waals surface area contributed by atoms with Gasteiger partial charge in [0.2, 0.25) is 0 Å². The molecule has 1 nitrogen and oxygen atoms in total. The third-order valence-corrected chi connectivity index (χ3v) is 3.92. The molecule has 0 aliphatic rings. The van der Waals surface area contributed by atoms with Crippen molar-refractivity contribution >= 4 is 11.6 Å². The Hall–Kier alpha value is -1.38. The number of aryl methyl sites for hydroxylation is 2. The Labute approximate surface area is 124 Å². The van der Waals surface area contributed by atoms with Crippen molar-refractivity contribution < 1.29 is 4.39 Å². The molecule has 1 atom stereocenters. The normalized spacial score (nSPS) is 12.4. The quantitative estimate of drug-likeness (QED) is 0.868. The summed E-state index contributed by atoms with van der Waals surface area (Å²) in [6.07, 6.45) is 0.824. The fraction of sp³-hybridized carbons (Fsp3) is 0.294. The highest BCUT2D eigenvalue weighted by Gasteiger charge is 2.14. The summed E-state index contributed by atoms with van der Waals surface area (Å²) < 4.78 is 13.2. The van der Waals surface area contributed by atoms with E-state index in [9.17, 15) is 4.39 Å². The van der Waals surface area contributed by atoms with Gasteiger partial charge < -0.3 is 5.32 Å². The van der Waals surface area contributed by atoms with Gasteiger partial charge in [-0.25, -0.2) is 4.39 Å². The molecular weight excluding hydrogens is 273 g/mol. The number of hydrogen-bond donors (Lipinski definition) is 1. The predicted molar refractivity (Wildman–Crippen MR) is 82.8 cm³/mol. The van der Waals surface area contributed by atoms with Gasteiger partial charge in [0.05, 0.1) is 0 Å². The van der Waals surface area contributed by atoms with E-state index >= 15 is 0 Å². The minimum Gasteiger partial charge on any atom is -0.313 e. The van der Waals surface area contributed by atoms with E-state index in [1.165, 1.54) is 11.6 Å². The molecule has 106 valence electrons. The van der Waals surface area contributed by atoms with Crippen LogP contribution in [0, 0.1) is 19.7 Å². The maximum Gasteiger partial charge on any atom is 0.123 e. The van der Waals surface area contributed by atoms with Gasteiger partial charge >= 0.3 is 0 Å². The number of benzene rings is 2. The molecule has 0 aromatic heterocycles. The lowest BCUT2D eigenvalue weighted by atomic mass is 9.93. The van der Waals surface area contributed by atoms with Crippen LogP contribution in [0.4, 0.5) is 4.39 Å². The van der Waals surface area contributed by atoms with Crippen molar-refractivity contribution in [3.8, 4) is 0 Å². The smallest absolute Gasteiger partial charge is 0.123 e. The molecule has 0 amide bonds. The van der Waals surface area contributed by atoms with Gasteiger partial charge in [-0.05, 0) is 73.8 Å². The Morgan fingerprint density at radius 3 is 2.45 bits per heavy atom. The van der Waals surface area contributed by atoms with Gasteiger partial charge in [0.25, 0.3) is 0 Å². The summed E-state index contributed by atoms with van der Waals surface area (Å²) in [4.78, 5) is 0. The molecule has 0 saturated carbocycles. The molecule has 3 heteroatoms. The van der Waals surface area contributed by atoms with E-state index in [0.717, 1.165) is 28.1 Å². The van der Waals surface area contributed by atoms with Crippen molar-refractivity contribution in [2.24, 2.45) is 0 Å². The lowest BCUT2D eigenvalue weighted by molar-refractivity contribution is 0.584. The zero-order valence-electron chi connectivity index (χ0n) is 12.0.